The van der Waals surface area contributed by atoms with Crippen LogP contribution >= 0.6 is 23.1 Å². The van der Waals surface area contributed by atoms with E-state index >= 15 is 0 Å². The summed E-state index contributed by atoms with van der Waals surface area (Å²) in [6.07, 6.45) is 2.06. The van der Waals surface area contributed by atoms with E-state index in [0.29, 0.717) is 0 Å². The first-order chi connectivity index (χ1) is 6.40. The molecule has 0 radical (unpaired) electrons. The summed E-state index contributed by atoms with van der Waals surface area (Å²) in [5, 5.41) is 6.01. The fourth-order valence-electron chi connectivity index (χ4n) is 1.06. The smallest absolute Gasteiger partial charge is 0.177 e. The molecule has 13 heavy (non-hydrogen) atoms. The van der Waals surface area contributed by atoms with Gasteiger partial charge < -0.3 is 4.52 Å². The number of hydrogen-bond donors (Lipinski definition) is 0. The van der Waals surface area contributed by atoms with Crippen LogP contribution in [0.2, 0.25) is 0 Å². The maximum absolute atomic E-state index is 5.21. The summed E-state index contributed by atoms with van der Waals surface area (Å²) in [6.45, 7) is 0. The molecule has 2 nitrogen and oxygen atoms in total. The van der Waals surface area contributed by atoms with Gasteiger partial charge in [-0.25, -0.2) is 0 Å². The van der Waals surface area contributed by atoms with Crippen molar-refractivity contribution in [3.8, 4) is 10.6 Å². The molecule has 4 heteroatoms. The van der Waals surface area contributed by atoms with Crippen molar-refractivity contribution < 1.29 is 4.52 Å². The van der Waals surface area contributed by atoms with E-state index in [0.717, 1.165) is 22.1 Å². The van der Waals surface area contributed by atoms with E-state index < -0.39 is 0 Å². The van der Waals surface area contributed by atoms with Crippen LogP contribution in [0.4, 0.5) is 0 Å². The third-order valence-corrected chi connectivity index (χ3v) is 3.08. The molecule has 2 aromatic heterocycles. The Morgan fingerprint density at radius 2 is 2.54 bits per heavy atom. The average molecular weight is 211 g/mol. The second kappa shape index (κ2) is 3.98. The Labute approximate surface area is 84.9 Å². The number of aromatic nitrogens is 1. The summed E-state index contributed by atoms with van der Waals surface area (Å²) in [4.78, 5) is 1.14. The zero-order valence-corrected chi connectivity index (χ0v) is 8.82. The van der Waals surface area contributed by atoms with Crippen molar-refractivity contribution in [2.45, 2.75) is 5.75 Å². The van der Waals surface area contributed by atoms with Gasteiger partial charge in [0.2, 0.25) is 0 Å². The molecule has 0 saturated carbocycles. The molecule has 0 fully saturated rings. The number of nitrogens with zero attached hydrogens (tertiary/aromatic N) is 1. The summed E-state index contributed by atoms with van der Waals surface area (Å²) < 4.78 is 5.21. The highest BCUT2D eigenvalue weighted by Crippen LogP contribution is 2.25. The van der Waals surface area contributed by atoms with Crippen LogP contribution in [0, 0.1) is 0 Å². The predicted molar refractivity (Wildman–Crippen MR) is 57.0 cm³/mol. The fraction of sp³-hybridized carbons (Fsp3) is 0.222. The van der Waals surface area contributed by atoms with Crippen molar-refractivity contribution in [3.63, 3.8) is 0 Å². The molecule has 2 rings (SSSR count). The zero-order chi connectivity index (χ0) is 9.10. The minimum Gasteiger partial charge on any atom is -0.355 e. The zero-order valence-electron chi connectivity index (χ0n) is 7.19. The van der Waals surface area contributed by atoms with E-state index in [1.807, 2.05) is 23.6 Å². The molecule has 68 valence electrons. The van der Waals surface area contributed by atoms with Crippen LogP contribution in [0.25, 0.3) is 10.6 Å². The predicted octanol–water partition coefficient (Wildman–Crippen LogP) is 3.27. The molecule has 0 N–H and O–H groups in total. The highest BCUT2D eigenvalue weighted by atomic mass is 32.2. The first kappa shape index (κ1) is 8.84. The highest BCUT2D eigenvalue weighted by Gasteiger charge is 2.06. The molecule has 0 unspecified atom stereocenters. The van der Waals surface area contributed by atoms with E-state index in [4.69, 9.17) is 4.52 Å². The summed E-state index contributed by atoms with van der Waals surface area (Å²) in [6, 6.07) is 6.05. The second-order valence-electron chi connectivity index (χ2n) is 2.59. The van der Waals surface area contributed by atoms with Crippen molar-refractivity contribution >= 4 is 23.1 Å². The summed E-state index contributed by atoms with van der Waals surface area (Å²) >= 11 is 3.41. The molecule has 2 aromatic rings. The van der Waals surface area contributed by atoms with Gasteiger partial charge >= 0.3 is 0 Å². The Balaban J connectivity index is 2.23. The molecule has 0 aliphatic heterocycles. The van der Waals surface area contributed by atoms with Crippen LogP contribution in [0.3, 0.4) is 0 Å². The van der Waals surface area contributed by atoms with Crippen molar-refractivity contribution in [3.05, 3.63) is 29.3 Å². The van der Waals surface area contributed by atoms with Gasteiger partial charge in [-0.3, -0.25) is 0 Å². The monoisotopic (exact) mass is 211 g/mol. The Morgan fingerprint density at radius 3 is 3.23 bits per heavy atom. The van der Waals surface area contributed by atoms with E-state index in [2.05, 4.69) is 11.4 Å². The molecule has 0 aromatic carbocycles. The van der Waals surface area contributed by atoms with Crippen molar-refractivity contribution in [2.75, 3.05) is 6.26 Å². The van der Waals surface area contributed by atoms with Gasteiger partial charge in [0.05, 0.1) is 10.6 Å². The first-order valence-corrected chi connectivity index (χ1v) is 6.16. The minimum absolute atomic E-state index is 0.874. The van der Waals surface area contributed by atoms with E-state index in [-0.39, 0.29) is 0 Å². The summed E-state index contributed by atoms with van der Waals surface area (Å²) in [7, 11) is 0. The molecule has 0 aliphatic carbocycles. The lowest BCUT2D eigenvalue weighted by molar-refractivity contribution is 0.427. The van der Waals surface area contributed by atoms with Crippen LogP contribution < -0.4 is 0 Å². The SMILES string of the molecule is CSCc1cc(-c2cccs2)on1. The van der Waals surface area contributed by atoms with E-state index in [9.17, 15) is 0 Å². The number of thioether (sulfide) groups is 1. The maximum Gasteiger partial charge on any atom is 0.177 e. The molecule has 0 aliphatic rings. The minimum atomic E-state index is 0.874. The van der Waals surface area contributed by atoms with Gasteiger partial charge in [-0.2, -0.15) is 11.8 Å². The van der Waals surface area contributed by atoms with Gasteiger partial charge in [-0.1, -0.05) is 11.2 Å². The van der Waals surface area contributed by atoms with Gasteiger partial charge in [0, 0.05) is 11.8 Å². The molecule has 0 atom stereocenters. The van der Waals surface area contributed by atoms with E-state index in [1.54, 1.807) is 23.1 Å². The van der Waals surface area contributed by atoms with Crippen LogP contribution in [0.15, 0.2) is 28.1 Å². The van der Waals surface area contributed by atoms with Gasteiger partial charge in [-0.05, 0) is 17.7 Å². The summed E-state index contributed by atoms with van der Waals surface area (Å²) in [5.74, 6) is 1.79. The number of hydrogen-bond acceptors (Lipinski definition) is 4. The third-order valence-electron chi connectivity index (χ3n) is 1.62. The third kappa shape index (κ3) is 1.95. The number of rotatable bonds is 3. The lowest BCUT2D eigenvalue weighted by Gasteiger charge is -1.84. The van der Waals surface area contributed by atoms with E-state index in [1.165, 1.54) is 0 Å². The molecule has 0 bridgehead atoms. The molecular weight excluding hydrogens is 202 g/mol. The Kier molecular flexibility index (Phi) is 2.71. The van der Waals surface area contributed by atoms with Crippen LogP contribution in [-0.2, 0) is 5.75 Å². The molecule has 2 heterocycles. The highest BCUT2D eigenvalue weighted by molar-refractivity contribution is 7.97. The molecule has 0 spiro atoms. The maximum atomic E-state index is 5.21. The molecule has 0 saturated heterocycles. The Bertz CT molecular complexity index is 367. The largest absolute Gasteiger partial charge is 0.355 e. The average Bonchev–Trinajstić information content (AvgIpc) is 2.70. The van der Waals surface area contributed by atoms with Gasteiger partial charge in [0.15, 0.2) is 5.76 Å². The number of thiophene rings is 1. The van der Waals surface area contributed by atoms with Gasteiger partial charge in [-0.15, -0.1) is 11.3 Å². The Morgan fingerprint density at radius 1 is 1.62 bits per heavy atom. The lowest BCUT2D eigenvalue weighted by Crippen LogP contribution is -1.74. The summed E-state index contributed by atoms with van der Waals surface area (Å²) in [5.41, 5.74) is 1.01. The van der Waals surface area contributed by atoms with Crippen LogP contribution in [0.5, 0.6) is 0 Å². The van der Waals surface area contributed by atoms with Crippen LogP contribution in [-0.4, -0.2) is 11.4 Å². The van der Waals surface area contributed by atoms with Gasteiger partial charge in [0.25, 0.3) is 0 Å². The van der Waals surface area contributed by atoms with Crippen molar-refractivity contribution in [1.29, 1.82) is 0 Å². The first-order valence-electron chi connectivity index (χ1n) is 3.88. The topological polar surface area (TPSA) is 26.0 Å². The fourth-order valence-corrected chi connectivity index (χ4v) is 2.17. The lowest BCUT2D eigenvalue weighted by atomic mass is 10.3. The van der Waals surface area contributed by atoms with Crippen molar-refractivity contribution in [2.24, 2.45) is 0 Å². The standard InChI is InChI=1S/C9H9NOS2/c1-12-6-7-5-8(11-10-7)9-3-2-4-13-9/h2-5H,6H2,1H3. The molecular formula is C9H9NOS2. The quantitative estimate of drug-likeness (QED) is 0.779. The van der Waals surface area contributed by atoms with Crippen molar-refractivity contribution in [1.82, 2.24) is 5.16 Å². The normalized spacial score (nSPS) is 10.5. The Hall–Kier alpha value is -0.740. The van der Waals surface area contributed by atoms with Crippen LogP contribution in [0.1, 0.15) is 5.69 Å². The molecule has 0 amide bonds. The van der Waals surface area contributed by atoms with Gasteiger partial charge in [0.1, 0.15) is 0 Å². The second-order valence-corrected chi connectivity index (χ2v) is 4.41.